The minimum atomic E-state index is -0.121. The maximum absolute atomic E-state index is 12.9. The van der Waals surface area contributed by atoms with Gasteiger partial charge in [0.25, 0.3) is 0 Å². The molecule has 6 aromatic carbocycles. The van der Waals surface area contributed by atoms with Crippen LogP contribution in [0.15, 0.2) is 209 Å². The van der Waals surface area contributed by atoms with Gasteiger partial charge in [0, 0.05) is 80.1 Å². The molecule has 0 amide bonds. The van der Waals surface area contributed by atoms with Gasteiger partial charge in [-0.15, -0.1) is 0 Å². The number of furan rings is 2. The summed E-state index contributed by atoms with van der Waals surface area (Å²) < 4.78 is 12.7. The molecular formula is C64H46N4O4. The van der Waals surface area contributed by atoms with Crippen LogP contribution in [-0.2, 0) is 11.2 Å². The second-order valence-electron chi connectivity index (χ2n) is 18.3. The highest BCUT2D eigenvalue weighted by atomic mass is 16.3. The van der Waals surface area contributed by atoms with Gasteiger partial charge in [-0.1, -0.05) is 109 Å². The van der Waals surface area contributed by atoms with Gasteiger partial charge in [-0.05, 0) is 144 Å². The minimum absolute atomic E-state index is 0.00463. The Hall–Kier alpha value is -9.27. The van der Waals surface area contributed by atoms with Crippen LogP contribution in [0, 0.1) is 13.8 Å². The van der Waals surface area contributed by atoms with E-state index in [4.69, 9.17) is 18.8 Å². The number of hydrogen-bond donors (Lipinski definition) is 1. The van der Waals surface area contributed by atoms with E-state index in [0.29, 0.717) is 17.8 Å². The van der Waals surface area contributed by atoms with Gasteiger partial charge in [0.2, 0.25) is 11.4 Å². The number of carbonyl (C=O) groups excluding carboxylic acids is 1. The molecule has 0 radical (unpaired) electrons. The summed E-state index contributed by atoms with van der Waals surface area (Å²) in [5, 5.41) is 13.8. The summed E-state index contributed by atoms with van der Waals surface area (Å²) in [6, 6.07) is 60.7. The van der Waals surface area contributed by atoms with E-state index in [0.717, 1.165) is 128 Å². The van der Waals surface area contributed by atoms with Gasteiger partial charge in [0.15, 0.2) is 5.78 Å². The normalized spacial score (nSPS) is 11.8. The van der Waals surface area contributed by atoms with E-state index in [1.165, 1.54) is 13.0 Å². The monoisotopic (exact) mass is 934 g/mol. The number of hydrogen-bond acceptors (Lipinski definition) is 8. The van der Waals surface area contributed by atoms with Gasteiger partial charge in [-0.2, -0.15) is 0 Å². The Morgan fingerprint density at radius 1 is 0.472 bits per heavy atom. The van der Waals surface area contributed by atoms with E-state index < -0.39 is 0 Å². The number of nitrogens with zero attached hydrogens (tertiary/aromatic N) is 4. The molecule has 0 unspecified atom stereocenters. The van der Waals surface area contributed by atoms with Gasteiger partial charge in [-0.25, -0.2) is 9.97 Å². The first kappa shape index (κ1) is 44.0. The lowest BCUT2D eigenvalue weighted by molar-refractivity contribution is -0.114. The average Bonchev–Trinajstić information content (AvgIpc) is 3.98. The van der Waals surface area contributed by atoms with E-state index in [1.807, 2.05) is 74.8 Å². The lowest BCUT2D eigenvalue weighted by Crippen LogP contribution is -1.99. The summed E-state index contributed by atoms with van der Waals surface area (Å²) in [6.07, 6.45) is 5.96. The lowest BCUT2D eigenvalue weighted by Gasteiger charge is -2.18. The molecule has 72 heavy (non-hydrogen) atoms. The number of benzene rings is 6. The van der Waals surface area contributed by atoms with E-state index in [9.17, 15) is 9.90 Å². The molecule has 12 aromatic rings. The van der Waals surface area contributed by atoms with Crippen molar-refractivity contribution in [1.29, 1.82) is 0 Å². The second-order valence-corrected chi connectivity index (χ2v) is 18.3. The fraction of sp³-hybridized carbons (Fsp3) is 0.0781. The Kier molecular flexibility index (Phi) is 11.1. The summed E-state index contributed by atoms with van der Waals surface area (Å²) in [4.78, 5) is 32.3. The molecule has 346 valence electrons. The number of aliphatic hydroxyl groups is 1. The summed E-state index contributed by atoms with van der Waals surface area (Å²) in [6.45, 7) is 5.45. The molecule has 0 atom stereocenters. The summed E-state index contributed by atoms with van der Waals surface area (Å²) in [7, 11) is 0. The SMILES string of the molecule is C/C(O)=C/C(=O)CCc1ccccc1-c1cc(-c2ccccc2-c2ccc(-c3cccc4c3oc3nc(C)ccc34)nc2)cc(-c2ccccc2-c2ccc(-c3cccc4c3oc3nc(C)ccc34)nc2)c1. The Balaban J connectivity index is 0.957. The topological polar surface area (TPSA) is 115 Å². The molecule has 0 aliphatic carbocycles. The molecule has 0 saturated heterocycles. The second kappa shape index (κ2) is 18.2. The van der Waals surface area contributed by atoms with Crippen LogP contribution in [0.3, 0.4) is 0 Å². The third kappa shape index (κ3) is 8.18. The van der Waals surface area contributed by atoms with Crippen LogP contribution in [0.25, 0.3) is 122 Å². The van der Waals surface area contributed by atoms with Crippen molar-refractivity contribution in [3.05, 3.63) is 217 Å². The number of allylic oxidation sites excluding steroid dienone is 2. The number of aromatic nitrogens is 4. The number of carbonyl (C=O) groups is 1. The van der Waals surface area contributed by atoms with Gasteiger partial charge in [0.1, 0.15) is 11.2 Å². The van der Waals surface area contributed by atoms with Gasteiger partial charge < -0.3 is 13.9 Å². The van der Waals surface area contributed by atoms with Crippen molar-refractivity contribution in [1.82, 2.24) is 19.9 Å². The van der Waals surface area contributed by atoms with Crippen LogP contribution in [0.4, 0.5) is 0 Å². The largest absolute Gasteiger partial charge is 0.512 e. The minimum Gasteiger partial charge on any atom is -0.512 e. The molecule has 0 saturated carbocycles. The van der Waals surface area contributed by atoms with E-state index in [1.54, 1.807) is 0 Å². The van der Waals surface area contributed by atoms with E-state index in [2.05, 4.69) is 137 Å². The van der Waals surface area contributed by atoms with Gasteiger partial charge >= 0.3 is 0 Å². The Morgan fingerprint density at radius 3 is 1.36 bits per heavy atom. The third-order valence-corrected chi connectivity index (χ3v) is 13.5. The smallest absolute Gasteiger partial charge is 0.227 e. The molecule has 1 N–H and O–H groups in total. The number of para-hydroxylation sites is 2. The molecule has 0 aliphatic heterocycles. The van der Waals surface area contributed by atoms with Crippen molar-refractivity contribution in [2.45, 2.75) is 33.6 Å². The molecule has 0 fully saturated rings. The van der Waals surface area contributed by atoms with Crippen molar-refractivity contribution in [3.63, 3.8) is 0 Å². The van der Waals surface area contributed by atoms with Gasteiger partial charge in [-0.3, -0.25) is 14.8 Å². The lowest BCUT2D eigenvalue weighted by atomic mass is 9.86. The zero-order chi connectivity index (χ0) is 48.9. The standard InChI is InChI=1S/C64H46N4O4/c1-38-22-28-55-53-18-10-20-57(61(53)71-63(55)67-38)59-30-25-42(36-65-59)49-14-6-8-16-51(49)45-33-44(48-13-5-4-12-41(48)24-27-47(70)32-40(3)69)34-46(35-45)52-17-9-7-15-50(52)43-26-31-60(66-37-43)58-21-11-19-54-56-29-23-39(2)68-64(56)72-62(54)58/h4-23,25-26,28-37,69H,24,27H2,1-3H3/b40-32-. The molecule has 8 heteroatoms. The van der Waals surface area contributed by atoms with Crippen LogP contribution in [0.2, 0.25) is 0 Å². The quantitative estimate of drug-likeness (QED) is 0.101. The van der Waals surface area contributed by atoms with Crippen LogP contribution >= 0.6 is 0 Å². The Bertz CT molecular complexity index is 3880. The molecule has 0 bridgehead atoms. The maximum Gasteiger partial charge on any atom is 0.227 e. The zero-order valence-corrected chi connectivity index (χ0v) is 39.9. The highest BCUT2D eigenvalue weighted by Crippen LogP contribution is 2.42. The van der Waals surface area contributed by atoms with Crippen molar-refractivity contribution in [2.75, 3.05) is 0 Å². The summed E-state index contributed by atoms with van der Waals surface area (Å²) in [5.41, 5.74) is 19.2. The highest BCUT2D eigenvalue weighted by molar-refractivity contribution is 6.09. The van der Waals surface area contributed by atoms with E-state index in [-0.39, 0.29) is 18.0 Å². The number of ketones is 1. The number of rotatable bonds is 11. The first-order valence-corrected chi connectivity index (χ1v) is 24.1. The number of aliphatic hydroxyl groups excluding tert-OH is 1. The van der Waals surface area contributed by atoms with Crippen molar-refractivity contribution in [3.8, 4) is 78.1 Å². The molecule has 8 nitrogen and oxygen atoms in total. The fourth-order valence-electron chi connectivity index (χ4n) is 10.0. The van der Waals surface area contributed by atoms with E-state index >= 15 is 0 Å². The molecule has 12 rings (SSSR count). The van der Waals surface area contributed by atoms with Crippen LogP contribution < -0.4 is 0 Å². The molecule has 6 heterocycles. The summed E-state index contributed by atoms with van der Waals surface area (Å²) in [5.74, 6) is -0.117. The summed E-state index contributed by atoms with van der Waals surface area (Å²) >= 11 is 0. The molecule has 6 aromatic heterocycles. The first-order chi connectivity index (χ1) is 35.2. The van der Waals surface area contributed by atoms with Crippen molar-refractivity contribution >= 4 is 49.9 Å². The number of aryl methyl sites for hydroxylation is 3. The fourth-order valence-corrected chi connectivity index (χ4v) is 10.0. The predicted octanol–water partition coefficient (Wildman–Crippen LogP) is 16.3. The molecular weight excluding hydrogens is 889 g/mol. The van der Waals surface area contributed by atoms with Crippen LogP contribution in [0.1, 0.15) is 30.3 Å². The van der Waals surface area contributed by atoms with Crippen molar-refractivity contribution < 1.29 is 18.7 Å². The zero-order valence-electron chi connectivity index (χ0n) is 39.9. The number of pyridine rings is 4. The molecule has 0 aliphatic rings. The predicted molar refractivity (Wildman–Crippen MR) is 289 cm³/mol. The third-order valence-electron chi connectivity index (χ3n) is 13.5. The molecule has 0 spiro atoms. The number of fused-ring (bicyclic) bond motifs is 6. The van der Waals surface area contributed by atoms with Crippen LogP contribution in [-0.4, -0.2) is 30.8 Å². The van der Waals surface area contributed by atoms with Crippen LogP contribution in [0.5, 0.6) is 0 Å². The highest BCUT2D eigenvalue weighted by Gasteiger charge is 2.19. The van der Waals surface area contributed by atoms with Crippen molar-refractivity contribution in [2.24, 2.45) is 0 Å². The van der Waals surface area contributed by atoms with Gasteiger partial charge in [0.05, 0.1) is 17.1 Å². The Labute approximate surface area is 415 Å². The Morgan fingerprint density at radius 2 is 0.903 bits per heavy atom. The average molecular weight is 935 g/mol. The maximum atomic E-state index is 12.9. The first-order valence-electron chi connectivity index (χ1n) is 24.1.